The average Bonchev–Trinajstić information content (AvgIpc) is 2.33. The molecule has 0 bridgehead atoms. The smallest absolute Gasteiger partial charge is 0.321 e. The molecule has 0 aliphatic carbocycles. The highest BCUT2D eigenvalue weighted by Crippen LogP contribution is 2.16. The SMILES string of the molecule is NC(=O)CCC(NS(=O)(=O)c1ccc(F)cc1F)C(=O)O. The van der Waals surface area contributed by atoms with Gasteiger partial charge in [-0.3, -0.25) is 9.59 Å². The lowest BCUT2D eigenvalue weighted by molar-refractivity contribution is -0.139. The first-order chi connectivity index (χ1) is 9.63. The van der Waals surface area contributed by atoms with Gasteiger partial charge in [-0.25, -0.2) is 17.2 Å². The fourth-order valence-electron chi connectivity index (χ4n) is 1.46. The van der Waals surface area contributed by atoms with Crippen LogP contribution in [0.5, 0.6) is 0 Å². The van der Waals surface area contributed by atoms with Crippen molar-refractivity contribution in [1.82, 2.24) is 4.72 Å². The molecule has 0 spiro atoms. The monoisotopic (exact) mass is 322 g/mol. The molecule has 10 heteroatoms. The van der Waals surface area contributed by atoms with Gasteiger partial charge in [0.05, 0.1) is 0 Å². The van der Waals surface area contributed by atoms with Crippen LogP contribution in [0.25, 0.3) is 0 Å². The number of hydrogen-bond acceptors (Lipinski definition) is 4. The summed E-state index contributed by atoms with van der Waals surface area (Å²) in [7, 11) is -4.52. The van der Waals surface area contributed by atoms with Crippen molar-refractivity contribution in [3.05, 3.63) is 29.8 Å². The van der Waals surface area contributed by atoms with E-state index in [-0.39, 0.29) is 6.42 Å². The number of hydrogen-bond donors (Lipinski definition) is 3. The zero-order valence-corrected chi connectivity index (χ0v) is 11.4. The highest BCUT2D eigenvalue weighted by molar-refractivity contribution is 7.89. The molecule has 116 valence electrons. The maximum absolute atomic E-state index is 13.4. The summed E-state index contributed by atoms with van der Waals surface area (Å²) in [6, 6.07) is 0.0804. The first-order valence-electron chi connectivity index (χ1n) is 5.62. The van der Waals surface area contributed by atoms with E-state index in [4.69, 9.17) is 10.8 Å². The quantitative estimate of drug-likeness (QED) is 0.649. The maximum Gasteiger partial charge on any atom is 0.321 e. The van der Waals surface area contributed by atoms with E-state index >= 15 is 0 Å². The van der Waals surface area contributed by atoms with Crippen molar-refractivity contribution in [2.24, 2.45) is 5.73 Å². The maximum atomic E-state index is 13.4. The number of carboxylic acid groups (broad SMARTS) is 1. The Morgan fingerprint density at radius 1 is 1.33 bits per heavy atom. The van der Waals surface area contributed by atoms with Crippen molar-refractivity contribution >= 4 is 21.9 Å². The van der Waals surface area contributed by atoms with Gasteiger partial charge in [-0.05, 0) is 18.6 Å². The van der Waals surface area contributed by atoms with E-state index in [0.29, 0.717) is 12.1 Å². The number of amides is 1. The third-order valence-corrected chi connectivity index (χ3v) is 3.96. The van der Waals surface area contributed by atoms with Crippen LogP contribution in [0.2, 0.25) is 0 Å². The summed E-state index contributed by atoms with van der Waals surface area (Å²) in [5.41, 5.74) is 4.85. The molecule has 0 radical (unpaired) electrons. The number of carboxylic acids is 1. The van der Waals surface area contributed by atoms with Gasteiger partial charge in [-0.15, -0.1) is 0 Å². The topological polar surface area (TPSA) is 127 Å². The van der Waals surface area contributed by atoms with Crippen molar-refractivity contribution in [1.29, 1.82) is 0 Å². The molecule has 1 aromatic carbocycles. The number of halogens is 2. The minimum absolute atomic E-state index is 0.355. The number of nitrogens with two attached hydrogens (primary N) is 1. The number of rotatable bonds is 7. The lowest BCUT2D eigenvalue weighted by atomic mass is 10.2. The van der Waals surface area contributed by atoms with E-state index < -0.39 is 50.9 Å². The van der Waals surface area contributed by atoms with Crippen LogP contribution in [0.15, 0.2) is 23.1 Å². The minimum atomic E-state index is -4.52. The van der Waals surface area contributed by atoms with Crippen LogP contribution < -0.4 is 10.5 Å². The zero-order valence-electron chi connectivity index (χ0n) is 10.5. The van der Waals surface area contributed by atoms with Gasteiger partial charge in [0.1, 0.15) is 22.6 Å². The van der Waals surface area contributed by atoms with Crippen LogP contribution in [0.1, 0.15) is 12.8 Å². The second kappa shape index (κ2) is 6.59. The number of primary amides is 1. The second-order valence-corrected chi connectivity index (χ2v) is 5.77. The number of aliphatic carboxylic acids is 1. The number of carbonyl (C=O) groups is 2. The Hall–Kier alpha value is -2.07. The Balaban J connectivity index is 3.00. The molecule has 0 aromatic heterocycles. The summed E-state index contributed by atoms with van der Waals surface area (Å²) in [4.78, 5) is 20.6. The van der Waals surface area contributed by atoms with Gasteiger partial charge < -0.3 is 10.8 Å². The first kappa shape index (κ1) is 17.0. The van der Waals surface area contributed by atoms with Crippen molar-refractivity contribution < 1.29 is 31.9 Å². The first-order valence-corrected chi connectivity index (χ1v) is 7.10. The van der Waals surface area contributed by atoms with Crippen LogP contribution in [0, 0.1) is 11.6 Å². The van der Waals surface area contributed by atoms with E-state index in [1.165, 1.54) is 0 Å². The van der Waals surface area contributed by atoms with Gasteiger partial charge in [0.25, 0.3) is 0 Å². The van der Waals surface area contributed by atoms with E-state index in [1.54, 1.807) is 4.72 Å². The molecule has 4 N–H and O–H groups in total. The summed E-state index contributed by atoms with van der Waals surface area (Å²) in [6.45, 7) is 0. The summed E-state index contributed by atoms with van der Waals surface area (Å²) >= 11 is 0. The van der Waals surface area contributed by atoms with Crippen LogP contribution >= 0.6 is 0 Å². The van der Waals surface area contributed by atoms with Gasteiger partial charge in [-0.2, -0.15) is 4.72 Å². The zero-order chi connectivity index (χ0) is 16.2. The molecule has 1 aromatic rings. The Morgan fingerprint density at radius 3 is 2.43 bits per heavy atom. The number of nitrogens with one attached hydrogen (secondary N) is 1. The molecule has 0 aliphatic rings. The summed E-state index contributed by atoms with van der Waals surface area (Å²) in [5, 5.41) is 8.88. The largest absolute Gasteiger partial charge is 0.480 e. The molecule has 21 heavy (non-hydrogen) atoms. The molecule has 0 saturated carbocycles. The molecule has 1 amide bonds. The third-order valence-electron chi connectivity index (χ3n) is 2.46. The van der Waals surface area contributed by atoms with E-state index in [9.17, 15) is 26.8 Å². The summed E-state index contributed by atoms with van der Waals surface area (Å²) in [5.74, 6) is -4.70. The molecule has 1 unspecified atom stereocenters. The van der Waals surface area contributed by atoms with E-state index in [2.05, 4.69) is 0 Å². The van der Waals surface area contributed by atoms with Gasteiger partial charge >= 0.3 is 5.97 Å². The molecule has 0 fully saturated rings. The number of carbonyl (C=O) groups excluding carboxylic acids is 1. The molecule has 1 rings (SSSR count). The Bertz CT molecular complexity index is 663. The van der Waals surface area contributed by atoms with Crippen molar-refractivity contribution in [2.75, 3.05) is 0 Å². The Kier molecular flexibility index (Phi) is 5.33. The van der Waals surface area contributed by atoms with Gasteiger partial charge in [0, 0.05) is 12.5 Å². The molecule has 0 heterocycles. The second-order valence-electron chi connectivity index (χ2n) is 4.09. The Labute approximate surface area is 118 Å². The predicted molar refractivity (Wildman–Crippen MR) is 66.5 cm³/mol. The number of sulfonamides is 1. The molecular weight excluding hydrogens is 310 g/mol. The Morgan fingerprint density at radius 2 is 1.95 bits per heavy atom. The third kappa shape index (κ3) is 4.76. The standard InChI is InChI=1S/C11H12F2N2O5S/c12-6-1-3-9(7(13)5-6)21(19,20)15-8(11(17)18)2-4-10(14)16/h1,3,5,8,15H,2,4H2,(H2,14,16)(H,17,18). The average molecular weight is 322 g/mol. The summed E-state index contributed by atoms with van der Waals surface area (Å²) in [6.07, 6.45) is -0.766. The molecule has 0 saturated heterocycles. The van der Waals surface area contributed by atoms with Crippen LogP contribution in [-0.2, 0) is 19.6 Å². The van der Waals surface area contributed by atoms with Crippen LogP contribution in [0.3, 0.4) is 0 Å². The van der Waals surface area contributed by atoms with E-state index in [1.807, 2.05) is 0 Å². The molecule has 0 aliphatic heterocycles. The van der Waals surface area contributed by atoms with Crippen LogP contribution in [-0.4, -0.2) is 31.4 Å². The van der Waals surface area contributed by atoms with Crippen molar-refractivity contribution in [3.63, 3.8) is 0 Å². The van der Waals surface area contributed by atoms with Crippen molar-refractivity contribution in [3.8, 4) is 0 Å². The highest BCUT2D eigenvalue weighted by atomic mass is 32.2. The van der Waals surface area contributed by atoms with Gasteiger partial charge in [0.2, 0.25) is 15.9 Å². The molecule has 7 nitrogen and oxygen atoms in total. The number of benzene rings is 1. The summed E-state index contributed by atoms with van der Waals surface area (Å²) < 4.78 is 51.6. The lowest BCUT2D eigenvalue weighted by Crippen LogP contribution is -2.41. The van der Waals surface area contributed by atoms with Crippen LogP contribution in [0.4, 0.5) is 8.78 Å². The minimum Gasteiger partial charge on any atom is -0.480 e. The lowest BCUT2D eigenvalue weighted by Gasteiger charge is -2.14. The van der Waals surface area contributed by atoms with Gasteiger partial charge in [-0.1, -0.05) is 0 Å². The normalized spacial score (nSPS) is 12.9. The fraction of sp³-hybridized carbons (Fsp3) is 0.273. The van der Waals surface area contributed by atoms with Crippen molar-refractivity contribution in [2.45, 2.75) is 23.8 Å². The van der Waals surface area contributed by atoms with E-state index in [0.717, 1.165) is 6.07 Å². The van der Waals surface area contributed by atoms with Gasteiger partial charge in [0.15, 0.2) is 0 Å². The highest BCUT2D eigenvalue weighted by Gasteiger charge is 2.27. The fourth-order valence-corrected chi connectivity index (χ4v) is 2.75. The molecule has 1 atom stereocenters. The predicted octanol–water partition coefficient (Wildman–Crippen LogP) is -0.0382. The molecular formula is C11H12F2N2O5S.